The molecule has 6 nitrogen and oxygen atoms in total. The molecule has 1 saturated heterocycles. The van der Waals surface area contributed by atoms with Gasteiger partial charge in [0.15, 0.2) is 0 Å². The molecule has 2 aromatic carbocycles. The molecule has 2 N–H and O–H groups in total. The van der Waals surface area contributed by atoms with Gasteiger partial charge in [-0.1, -0.05) is 18.2 Å². The van der Waals surface area contributed by atoms with Crippen LogP contribution in [0.3, 0.4) is 0 Å². The maximum atomic E-state index is 12.1. The molecule has 2 aromatic rings. The highest BCUT2D eigenvalue weighted by molar-refractivity contribution is 5.78. The first-order chi connectivity index (χ1) is 13.7. The molecule has 1 unspecified atom stereocenters. The van der Waals surface area contributed by atoms with Crippen LogP contribution < -0.4 is 20.1 Å². The highest BCUT2D eigenvalue weighted by atomic mass is 16.5. The molecule has 0 bridgehead atoms. The molecular formula is C22H29N3O3. The van der Waals surface area contributed by atoms with Crippen molar-refractivity contribution in [2.45, 2.75) is 19.4 Å². The van der Waals surface area contributed by atoms with Gasteiger partial charge in [0, 0.05) is 24.8 Å². The van der Waals surface area contributed by atoms with Gasteiger partial charge in [-0.2, -0.15) is 0 Å². The van der Waals surface area contributed by atoms with Crippen molar-refractivity contribution in [3.63, 3.8) is 0 Å². The maximum Gasteiger partial charge on any atom is 0.234 e. The van der Waals surface area contributed by atoms with Crippen molar-refractivity contribution >= 4 is 11.6 Å². The first-order valence-corrected chi connectivity index (χ1v) is 9.89. The van der Waals surface area contributed by atoms with Gasteiger partial charge in [0.2, 0.25) is 5.91 Å². The standard InChI is InChI=1S/C22H29N3O3/c1-2-27-20-8-10-21(11-9-20)28-15-13-23-22(26)17-25-14-12-19(16-25)24-18-6-4-3-5-7-18/h3-11,19,24H,2,12-17H2,1H3,(H,23,26). The summed E-state index contributed by atoms with van der Waals surface area (Å²) in [4.78, 5) is 14.3. The minimum atomic E-state index is 0.0376. The van der Waals surface area contributed by atoms with Crippen molar-refractivity contribution in [2.24, 2.45) is 0 Å². The third-order valence-corrected chi connectivity index (χ3v) is 4.61. The van der Waals surface area contributed by atoms with Gasteiger partial charge in [-0.25, -0.2) is 0 Å². The number of hydrogen-bond acceptors (Lipinski definition) is 5. The van der Waals surface area contributed by atoms with E-state index in [2.05, 4.69) is 27.7 Å². The molecule has 1 aliphatic rings. The van der Waals surface area contributed by atoms with Crippen LogP contribution >= 0.6 is 0 Å². The van der Waals surface area contributed by atoms with Crippen molar-refractivity contribution in [3.05, 3.63) is 54.6 Å². The van der Waals surface area contributed by atoms with Gasteiger partial charge >= 0.3 is 0 Å². The molecule has 1 aliphatic heterocycles. The van der Waals surface area contributed by atoms with Crippen molar-refractivity contribution in [1.82, 2.24) is 10.2 Å². The van der Waals surface area contributed by atoms with Crippen LogP contribution in [0, 0.1) is 0 Å². The first-order valence-electron chi connectivity index (χ1n) is 9.89. The zero-order valence-electron chi connectivity index (χ0n) is 16.4. The van der Waals surface area contributed by atoms with Crippen molar-refractivity contribution in [3.8, 4) is 11.5 Å². The first kappa shape index (κ1) is 20.0. The predicted molar refractivity (Wildman–Crippen MR) is 111 cm³/mol. The zero-order valence-corrected chi connectivity index (χ0v) is 16.4. The summed E-state index contributed by atoms with van der Waals surface area (Å²) in [6.07, 6.45) is 1.04. The molecule has 1 atom stereocenters. The lowest BCUT2D eigenvalue weighted by molar-refractivity contribution is -0.122. The highest BCUT2D eigenvalue weighted by Crippen LogP contribution is 2.17. The minimum absolute atomic E-state index is 0.0376. The van der Waals surface area contributed by atoms with Gasteiger partial charge in [0.1, 0.15) is 18.1 Å². The molecule has 28 heavy (non-hydrogen) atoms. The average Bonchev–Trinajstić information content (AvgIpc) is 3.14. The SMILES string of the molecule is CCOc1ccc(OCCNC(=O)CN2CCC(Nc3ccccc3)C2)cc1. The summed E-state index contributed by atoms with van der Waals surface area (Å²) in [5.41, 5.74) is 1.13. The Kier molecular flexibility index (Phi) is 7.55. The van der Waals surface area contributed by atoms with Gasteiger partial charge in [-0.05, 0) is 49.7 Å². The summed E-state index contributed by atoms with van der Waals surface area (Å²) in [6, 6.07) is 18.1. The molecule has 1 heterocycles. The van der Waals surface area contributed by atoms with E-state index in [-0.39, 0.29) is 5.91 Å². The fourth-order valence-corrected chi connectivity index (χ4v) is 3.28. The van der Waals surface area contributed by atoms with Gasteiger partial charge in [0.05, 0.1) is 19.7 Å². The second kappa shape index (κ2) is 10.6. The van der Waals surface area contributed by atoms with Crippen LogP contribution in [0.5, 0.6) is 11.5 Å². The molecular weight excluding hydrogens is 354 g/mol. The van der Waals surface area contributed by atoms with E-state index in [9.17, 15) is 4.79 Å². The van der Waals surface area contributed by atoms with Crippen molar-refractivity contribution in [1.29, 1.82) is 0 Å². The Hall–Kier alpha value is -2.73. The van der Waals surface area contributed by atoms with Gasteiger partial charge in [0.25, 0.3) is 0 Å². The largest absolute Gasteiger partial charge is 0.494 e. The average molecular weight is 383 g/mol. The maximum absolute atomic E-state index is 12.1. The molecule has 6 heteroatoms. The minimum Gasteiger partial charge on any atom is -0.494 e. The van der Waals surface area contributed by atoms with Gasteiger partial charge in [-0.15, -0.1) is 0 Å². The topological polar surface area (TPSA) is 62.8 Å². The summed E-state index contributed by atoms with van der Waals surface area (Å²) in [7, 11) is 0. The summed E-state index contributed by atoms with van der Waals surface area (Å²) in [6.45, 7) is 5.77. The number of carbonyl (C=O) groups is 1. The number of ether oxygens (including phenoxy) is 2. The Morgan fingerprint density at radius 1 is 1.07 bits per heavy atom. The number of nitrogens with one attached hydrogen (secondary N) is 2. The van der Waals surface area contributed by atoms with E-state index in [1.807, 2.05) is 49.4 Å². The van der Waals surface area contributed by atoms with Crippen molar-refractivity contribution < 1.29 is 14.3 Å². The predicted octanol–water partition coefficient (Wildman–Crippen LogP) is 2.77. The summed E-state index contributed by atoms with van der Waals surface area (Å²) in [5.74, 6) is 1.64. The Labute approximate surface area is 166 Å². The zero-order chi connectivity index (χ0) is 19.6. The Morgan fingerprint density at radius 3 is 2.50 bits per heavy atom. The van der Waals surface area contributed by atoms with Gasteiger partial charge in [-0.3, -0.25) is 9.69 Å². The quantitative estimate of drug-likeness (QED) is 0.618. The van der Waals surface area contributed by atoms with E-state index in [1.54, 1.807) is 0 Å². The summed E-state index contributed by atoms with van der Waals surface area (Å²) in [5, 5.41) is 6.45. The number of carbonyl (C=O) groups excluding carboxylic acids is 1. The fraction of sp³-hybridized carbons (Fsp3) is 0.409. The molecule has 0 radical (unpaired) electrons. The molecule has 150 valence electrons. The third-order valence-electron chi connectivity index (χ3n) is 4.61. The van der Waals surface area contributed by atoms with Crippen LogP contribution in [0.15, 0.2) is 54.6 Å². The highest BCUT2D eigenvalue weighted by Gasteiger charge is 2.23. The van der Waals surface area contributed by atoms with Crippen LogP contribution in [0.4, 0.5) is 5.69 Å². The Balaban J connectivity index is 1.29. The second-order valence-electron chi connectivity index (χ2n) is 6.83. The molecule has 0 spiro atoms. The number of likely N-dealkylation sites (tertiary alicyclic amines) is 1. The van der Waals surface area contributed by atoms with Crippen LogP contribution in [0.1, 0.15) is 13.3 Å². The smallest absolute Gasteiger partial charge is 0.234 e. The normalized spacial score (nSPS) is 16.5. The van der Waals surface area contributed by atoms with Crippen molar-refractivity contribution in [2.75, 3.05) is 44.7 Å². The number of para-hydroxylation sites is 1. The number of benzene rings is 2. The van der Waals surface area contributed by atoms with E-state index >= 15 is 0 Å². The third kappa shape index (κ3) is 6.46. The van der Waals surface area contributed by atoms with E-state index in [0.717, 1.165) is 36.7 Å². The number of rotatable bonds is 10. The van der Waals surface area contributed by atoms with Crippen LogP contribution in [-0.4, -0.2) is 56.2 Å². The van der Waals surface area contributed by atoms with Crippen LogP contribution in [0.25, 0.3) is 0 Å². The van der Waals surface area contributed by atoms with E-state index < -0.39 is 0 Å². The number of anilines is 1. The number of amides is 1. The molecule has 0 aromatic heterocycles. The molecule has 1 amide bonds. The fourth-order valence-electron chi connectivity index (χ4n) is 3.28. The summed E-state index contributed by atoms with van der Waals surface area (Å²) >= 11 is 0. The van der Waals surface area contributed by atoms with E-state index in [4.69, 9.17) is 9.47 Å². The Bertz CT molecular complexity index is 722. The van der Waals surface area contributed by atoms with Crippen LogP contribution in [0.2, 0.25) is 0 Å². The second-order valence-corrected chi connectivity index (χ2v) is 6.83. The summed E-state index contributed by atoms with van der Waals surface area (Å²) < 4.78 is 11.0. The number of hydrogen-bond donors (Lipinski definition) is 2. The lowest BCUT2D eigenvalue weighted by atomic mass is 10.2. The van der Waals surface area contributed by atoms with E-state index in [0.29, 0.717) is 32.3 Å². The Morgan fingerprint density at radius 2 is 1.79 bits per heavy atom. The monoisotopic (exact) mass is 383 g/mol. The lowest BCUT2D eigenvalue weighted by Gasteiger charge is -2.17. The number of nitrogens with zero attached hydrogens (tertiary/aromatic N) is 1. The molecule has 0 aliphatic carbocycles. The molecule has 3 rings (SSSR count). The molecule has 1 fully saturated rings. The van der Waals surface area contributed by atoms with E-state index in [1.165, 1.54) is 0 Å². The van der Waals surface area contributed by atoms with Gasteiger partial charge < -0.3 is 20.1 Å². The lowest BCUT2D eigenvalue weighted by Crippen LogP contribution is -2.38. The molecule has 0 saturated carbocycles. The van der Waals surface area contributed by atoms with Crippen LogP contribution in [-0.2, 0) is 4.79 Å².